The number of ether oxygens (including phenoxy) is 4. The van der Waals surface area contributed by atoms with Gasteiger partial charge in [-0.15, -0.1) is 6.58 Å². The molecule has 2 aromatic rings. The number of allylic oxidation sites excluding steroid dienone is 1. The molecule has 5 aliphatic rings. The normalized spacial score (nSPS) is 35.1. The molecule has 3 fully saturated rings. The molecule has 12 unspecified atom stereocenters. The van der Waals surface area contributed by atoms with Crippen LogP contribution in [-0.4, -0.2) is 110 Å². The highest BCUT2D eigenvalue weighted by Crippen LogP contribution is 2.54. The SMILES string of the molecule is C=CCc1ccc(OC2OC3C(CCCO)OC#CCC(O)C(C4CCC5CC(Cc6ccc(C(=O)O)cc6)CC5(O)C4)CC2(O)C(O)C3O)cc1CCCOC. The molecule has 2 aliphatic carbocycles. The van der Waals surface area contributed by atoms with E-state index in [1.54, 1.807) is 25.3 Å². The fraction of sp³-hybridized carbons (Fsp3) is 0.622. The lowest BCUT2D eigenvalue weighted by molar-refractivity contribution is -0.334. The van der Waals surface area contributed by atoms with Crippen LogP contribution in [0.5, 0.6) is 5.75 Å². The second-order valence-corrected chi connectivity index (χ2v) is 16.8. The minimum Gasteiger partial charge on any atom is -0.478 e. The Balaban J connectivity index is 1.29. The van der Waals surface area contributed by atoms with Gasteiger partial charge in [0.05, 0.1) is 17.3 Å². The predicted molar refractivity (Wildman–Crippen MR) is 210 cm³/mol. The van der Waals surface area contributed by atoms with E-state index in [0.717, 1.165) is 29.5 Å². The monoisotopic (exact) mass is 792 g/mol. The van der Waals surface area contributed by atoms with Gasteiger partial charge in [-0.05, 0) is 142 Å². The van der Waals surface area contributed by atoms with Crippen molar-refractivity contribution in [1.82, 2.24) is 0 Å². The number of methoxy groups -OCH3 is 1. The zero-order valence-corrected chi connectivity index (χ0v) is 32.9. The Morgan fingerprint density at radius 3 is 2.54 bits per heavy atom. The van der Waals surface area contributed by atoms with E-state index in [9.17, 15) is 40.5 Å². The minimum atomic E-state index is -2.22. The molecule has 7 rings (SSSR count). The lowest BCUT2D eigenvalue weighted by Crippen LogP contribution is -2.70. The minimum absolute atomic E-state index is 0.00604. The van der Waals surface area contributed by atoms with Crippen molar-refractivity contribution in [2.45, 2.75) is 131 Å². The third kappa shape index (κ3) is 9.86. The smallest absolute Gasteiger partial charge is 0.335 e. The number of hydrogen-bond acceptors (Lipinski definition) is 11. The summed E-state index contributed by atoms with van der Waals surface area (Å²) < 4.78 is 24.1. The third-order valence-corrected chi connectivity index (χ3v) is 13.0. The van der Waals surface area contributed by atoms with Crippen molar-refractivity contribution in [2.75, 3.05) is 20.3 Å². The number of hydrogen-bond donors (Lipinski definition) is 7. The highest BCUT2D eigenvalue weighted by Gasteiger charge is 2.60. The lowest BCUT2D eigenvalue weighted by atomic mass is 9.64. The zero-order chi connectivity index (χ0) is 40.7. The van der Waals surface area contributed by atoms with E-state index in [-0.39, 0.29) is 49.2 Å². The molecule has 2 saturated carbocycles. The van der Waals surface area contributed by atoms with Crippen LogP contribution in [0, 0.1) is 35.7 Å². The summed E-state index contributed by atoms with van der Waals surface area (Å²) >= 11 is 0. The number of aryl methyl sites for hydroxylation is 1. The Hall–Kier alpha value is -3.51. The Morgan fingerprint density at radius 1 is 1.04 bits per heavy atom. The first-order chi connectivity index (χ1) is 27.4. The van der Waals surface area contributed by atoms with Crippen LogP contribution in [-0.2, 0) is 33.5 Å². The molecule has 57 heavy (non-hydrogen) atoms. The molecule has 2 bridgehead atoms. The average molecular weight is 793 g/mol. The molecule has 0 amide bonds. The molecule has 0 aromatic heterocycles. The first kappa shape index (κ1) is 43.1. The molecule has 3 aliphatic heterocycles. The van der Waals surface area contributed by atoms with Crippen LogP contribution in [0.4, 0.5) is 0 Å². The van der Waals surface area contributed by atoms with E-state index < -0.39 is 59.9 Å². The highest BCUT2D eigenvalue weighted by molar-refractivity contribution is 5.87. The second-order valence-electron chi connectivity index (χ2n) is 16.8. The van der Waals surface area contributed by atoms with Crippen LogP contribution < -0.4 is 4.74 Å². The lowest BCUT2D eigenvalue weighted by Gasteiger charge is -2.52. The topological polar surface area (TPSA) is 196 Å². The van der Waals surface area contributed by atoms with Gasteiger partial charge in [0.1, 0.15) is 36.3 Å². The van der Waals surface area contributed by atoms with Gasteiger partial charge >= 0.3 is 5.97 Å². The summed E-state index contributed by atoms with van der Waals surface area (Å²) in [7, 11) is 1.65. The maximum absolute atomic E-state index is 12.7. The van der Waals surface area contributed by atoms with E-state index >= 15 is 0 Å². The Bertz CT molecular complexity index is 1720. The van der Waals surface area contributed by atoms with E-state index in [4.69, 9.17) is 18.9 Å². The second kappa shape index (κ2) is 19.0. The van der Waals surface area contributed by atoms with Crippen molar-refractivity contribution >= 4 is 5.97 Å². The molecule has 3 heterocycles. The molecule has 0 radical (unpaired) electrons. The summed E-state index contributed by atoms with van der Waals surface area (Å²) in [6, 6.07) is 12.4. The number of fused-ring (bicyclic) bond motifs is 9. The van der Waals surface area contributed by atoms with Crippen molar-refractivity contribution in [3.8, 4) is 17.8 Å². The maximum atomic E-state index is 12.7. The molecule has 12 nitrogen and oxygen atoms in total. The molecule has 1 saturated heterocycles. The van der Waals surface area contributed by atoms with Crippen LogP contribution in [0.1, 0.15) is 91.3 Å². The molecular formula is C45H60O12. The van der Waals surface area contributed by atoms with Gasteiger partial charge < -0.3 is 54.7 Å². The first-order valence-electron chi connectivity index (χ1n) is 20.5. The van der Waals surface area contributed by atoms with Crippen molar-refractivity contribution < 1.29 is 59.5 Å². The number of benzene rings is 2. The number of aliphatic hydroxyl groups is 6. The number of carboxylic acid groups (broad SMARTS) is 1. The quantitative estimate of drug-likeness (QED) is 0.0782. The van der Waals surface area contributed by atoms with Crippen molar-refractivity contribution in [1.29, 1.82) is 0 Å². The average Bonchev–Trinajstić information content (AvgIpc) is 3.52. The van der Waals surface area contributed by atoms with E-state index in [1.165, 1.54) is 0 Å². The highest BCUT2D eigenvalue weighted by atomic mass is 16.7. The molecular weight excluding hydrogens is 732 g/mol. The molecule has 7 N–H and O–H groups in total. The van der Waals surface area contributed by atoms with Gasteiger partial charge in [-0.25, -0.2) is 4.79 Å². The Morgan fingerprint density at radius 2 is 1.82 bits per heavy atom. The van der Waals surface area contributed by atoms with Crippen molar-refractivity contribution in [3.05, 3.63) is 77.4 Å². The summed E-state index contributed by atoms with van der Waals surface area (Å²) in [5.74, 6) is 1.56. The fourth-order valence-corrected chi connectivity index (χ4v) is 10.0. The van der Waals surface area contributed by atoms with E-state index in [1.807, 2.05) is 30.3 Å². The van der Waals surface area contributed by atoms with Crippen LogP contribution in [0.3, 0.4) is 0 Å². The Labute approximate surface area is 335 Å². The number of carbonyl (C=O) groups is 1. The van der Waals surface area contributed by atoms with Gasteiger partial charge in [0.2, 0.25) is 6.29 Å². The molecule has 12 atom stereocenters. The zero-order valence-electron chi connectivity index (χ0n) is 32.9. The van der Waals surface area contributed by atoms with Crippen LogP contribution in [0.25, 0.3) is 0 Å². The van der Waals surface area contributed by atoms with Crippen LogP contribution in [0.2, 0.25) is 0 Å². The van der Waals surface area contributed by atoms with Gasteiger partial charge in [-0.2, -0.15) is 0 Å². The number of carboxylic acids is 1. The van der Waals surface area contributed by atoms with Crippen LogP contribution in [0.15, 0.2) is 55.1 Å². The van der Waals surface area contributed by atoms with Crippen molar-refractivity contribution in [2.24, 2.45) is 23.7 Å². The predicted octanol–water partition coefficient (Wildman–Crippen LogP) is 3.94. The largest absolute Gasteiger partial charge is 0.478 e. The number of aliphatic hydroxyl groups excluding tert-OH is 4. The molecule has 12 heteroatoms. The summed E-state index contributed by atoms with van der Waals surface area (Å²) in [4.78, 5) is 11.4. The third-order valence-electron chi connectivity index (χ3n) is 13.0. The molecule has 0 spiro atoms. The summed E-state index contributed by atoms with van der Waals surface area (Å²) in [5.41, 5.74) is 0.0486. The standard InChI is InChI=1S/C45H60O12/c1-3-7-30-16-18-35(24-32(30)8-5-20-54-2)56-43-45(53)27-36(37(47)9-6-21-55-38(10-4-19-46)40(57-43)39(48)41(45)49)33-15-17-34-23-29(25-44(34,52)26-33)22-28-11-13-31(14-12-28)42(50)51/h3,11-14,16,18,24,29,33-34,36-41,43,46-49,52-53H,1,4-5,7-10,15,17,19-20,22-23,25-27H2,2H3,(H,50,51). The molecule has 2 aromatic carbocycles. The number of rotatable bonds is 15. The fourth-order valence-electron chi connectivity index (χ4n) is 10.0. The van der Waals surface area contributed by atoms with Gasteiger partial charge in [0, 0.05) is 26.7 Å². The van der Waals surface area contributed by atoms with Crippen LogP contribution >= 0.6 is 0 Å². The summed E-state index contributed by atoms with van der Waals surface area (Å²) in [6.07, 6.45) is 2.59. The summed E-state index contributed by atoms with van der Waals surface area (Å²) in [5, 5.41) is 79.3. The van der Waals surface area contributed by atoms with E-state index in [2.05, 4.69) is 18.6 Å². The van der Waals surface area contributed by atoms with Gasteiger partial charge in [0.25, 0.3) is 0 Å². The van der Waals surface area contributed by atoms with Gasteiger partial charge in [-0.1, -0.05) is 30.2 Å². The summed E-state index contributed by atoms with van der Waals surface area (Å²) in [6.45, 7) is 4.31. The number of aromatic carboxylic acids is 1. The van der Waals surface area contributed by atoms with Gasteiger partial charge in [0.15, 0.2) is 5.60 Å². The van der Waals surface area contributed by atoms with E-state index in [0.29, 0.717) is 63.7 Å². The first-order valence-corrected chi connectivity index (χ1v) is 20.5. The van der Waals surface area contributed by atoms with Gasteiger partial charge in [-0.3, -0.25) is 0 Å². The molecule has 312 valence electrons. The maximum Gasteiger partial charge on any atom is 0.335 e. The van der Waals surface area contributed by atoms with Crippen molar-refractivity contribution in [3.63, 3.8) is 0 Å². The Kier molecular flexibility index (Phi) is 14.4.